The summed E-state index contributed by atoms with van der Waals surface area (Å²) in [5.41, 5.74) is 7.45. The Balaban J connectivity index is 1.88. The lowest BCUT2D eigenvalue weighted by atomic mass is 10.1. The molecule has 1 aliphatic heterocycles. The van der Waals surface area contributed by atoms with E-state index in [2.05, 4.69) is 11.9 Å². The quantitative estimate of drug-likeness (QED) is 0.610. The van der Waals surface area contributed by atoms with Gasteiger partial charge in [-0.1, -0.05) is 12.1 Å². The van der Waals surface area contributed by atoms with Crippen LogP contribution in [0.4, 0.5) is 5.69 Å². The number of benzene rings is 1. The average Bonchev–Trinajstić information content (AvgIpc) is 2.91. The largest absolute Gasteiger partial charge is 0.384 e. The monoisotopic (exact) mass is 261 g/mol. The van der Waals surface area contributed by atoms with Crippen LogP contribution in [0.5, 0.6) is 0 Å². The van der Waals surface area contributed by atoms with Crippen LogP contribution in [0.3, 0.4) is 0 Å². The maximum Gasteiger partial charge on any atom is 0.124 e. The molecule has 3 N–H and O–H groups in total. The highest BCUT2D eigenvalue weighted by atomic mass is 16.5. The van der Waals surface area contributed by atoms with Crippen molar-refractivity contribution in [2.24, 2.45) is 5.73 Å². The van der Waals surface area contributed by atoms with E-state index in [-0.39, 0.29) is 5.84 Å². The molecule has 1 fully saturated rings. The van der Waals surface area contributed by atoms with Crippen molar-refractivity contribution >= 4 is 11.5 Å². The van der Waals surface area contributed by atoms with E-state index in [9.17, 15) is 0 Å². The van der Waals surface area contributed by atoms with Crippen LogP contribution in [0.2, 0.25) is 0 Å². The average molecular weight is 261 g/mol. The van der Waals surface area contributed by atoms with Crippen molar-refractivity contribution < 1.29 is 4.74 Å². The predicted molar refractivity (Wildman–Crippen MR) is 78.9 cm³/mol. The number of amidine groups is 1. The van der Waals surface area contributed by atoms with Crippen molar-refractivity contribution in [2.75, 3.05) is 25.1 Å². The summed E-state index contributed by atoms with van der Waals surface area (Å²) in [6, 6.07) is 7.82. The molecule has 0 aliphatic carbocycles. The van der Waals surface area contributed by atoms with Crippen LogP contribution in [0.25, 0.3) is 0 Å². The highest BCUT2D eigenvalue weighted by Crippen LogP contribution is 2.21. The molecule has 1 saturated heterocycles. The van der Waals surface area contributed by atoms with E-state index in [1.54, 1.807) is 0 Å². The van der Waals surface area contributed by atoms with Crippen molar-refractivity contribution in [2.45, 2.75) is 31.8 Å². The maximum absolute atomic E-state index is 7.61. The maximum atomic E-state index is 7.61. The fourth-order valence-electron chi connectivity index (χ4n) is 2.58. The number of nitrogen functional groups attached to an aromatic ring is 1. The third-order valence-electron chi connectivity index (χ3n) is 3.65. The van der Waals surface area contributed by atoms with E-state index in [0.29, 0.717) is 6.10 Å². The summed E-state index contributed by atoms with van der Waals surface area (Å²) in [5.74, 6) is 0.126. The first-order valence-electron chi connectivity index (χ1n) is 6.94. The third-order valence-corrected chi connectivity index (χ3v) is 3.65. The van der Waals surface area contributed by atoms with Gasteiger partial charge in [-0.15, -0.1) is 0 Å². The summed E-state index contributed by atoms with van der Waals surface area (Å²) in [6.45, 7) is 1.89. The van der Waals surface area contributed by atoms with Gasteiger partial charge in [0.15, 0.2) is 0 Å². The van der Waals surface area contributed by atoms with Crippen LogP contribution >= 0.6 is 0 Å². The molecule has 1 aliphatic rings. The molecular formula is C15H23N3O. The summed E-state index contributed by atoms with van der Waals surface area (Å²) in [7, 11) is 2.05. The number of nitrogens with two attached hydrogens (primary N) is 1. The Bertz CT molecular complexity index is 427. The number of rotatable bonds is 6. The van der Waals surface area contributed by atoms with Crippen LogP contribution in [0, 0.1) is 5.41 Å². The summed E-state index contributed by atoms with van der Waals surface area (Å²) in [5, 5.41) is 7.61. The first-order valence-corrected chi connectivity index (χ1v) is 6.94. The summed E-state index contributed by atoms with van der Waals surface area (Å²) in [4.78, 5) is 2.17. The zero-order chi connectivity index (χ0) is 13.7. The number of anilines is 1. The van der Waals surface area contributed by atoms with Gasteiger partial charge in [0.1, 0.15) is 5.84 Å². The number of hydrogen-bond donors (Lipinski definition) is 2. The Morgan fingerprint density at radius 2 is 2.26 bits per heavy atom. The molecule has 0 bridgehead atoms. The van der Waals surface area contributed by atoms with Crippen molar-refractivity contribution in [1.29, 1.82) is 5.41 Å². The van der Waals surface area contributed by atoms with Gasteiger partial charge in [-0.25, -0.2) is 0 Å². The molecule has 0 saturated carbocycles. The van der Waals surface area contributed by atoms with Gasteiger partial charge in [0, 0.05) is 31.5 Å². The zero-order valence-electron chi connectivity index (χ0n) is 11.6. The van der Waals surface area contributed by atoms with Crippen LogP contribution in [0.1, 0.15) is 31.2 Å². The Morgan fingerprint density at radius 1 is 1.47 bits per heavy atom. The lowest BCUT2D eigenvalue weighted by molar-refractivity contribution is 0.103. The molecule has 0 aromatic heterocycles. The minimum atomic E-state index is 0.126. The van der Waals surface area contributed by atoms with E-state index in [4.69, 9.17) is 15.9 Å². The third kappa shape index (κ3) is 3.70. The van der Waals surface area contributed by atoms with Crippen LogP contribution < -0.4 is 10.6 Å². The Kier molecular flexibility index (Phi) is 4.80. The normalized spacial score (nSPS) is 18.5. The second kappa shape index (κ2) is 6.57. The minimum absolute atomic E-state index is 0.126. The summed E-state index contributed by atoms with van der Waals surface area (Å²) >= 11 is 0. The van der Waals surface area contributed by atoms with Crippen molar-refractivity contribution in [3.05, 3.63) is 29.8 Å². The van der Waals surface area contributed by atoms with E-state index < -0.39 is 0 Å². The number of ether oxygens (including phenoxy) is 1. The first kappa shape index (κ1) is 13.9. The lowest BCUT2D eigenvalue weighted by Crippen LogP contribution is -2.24. The van der Waals surface area contributed by atoms with E-state index >= 15 is 0 Å². The molecular weight excluding hydrogens is 238 g/mol. The smallest absolute Gasteiger partial charge is 0.124 e. The Morgan fingerprint density at radius 3 is 2.95 bits per heavy atom. The number of hydrogen-bond acceptors (Lipinski definition) is 3. The topological polar surface area (TPSA) is 62.3 Å². The fraction of sp³-hybridized carbons (Fsp3) is 0.533. The van der Waals surface area contributed by atoms with Crippen molar-refractivity contribution in [3.8, 4) is 0 Å². The van der Waals surface area contributed by atoms with E-state index in [1.165, 1.54) is 12.8 Å². The molecule has 0 radical (unpaired) electrons. The molecule has 104 valence electrons. The second-order valence-electron chi connectivity index (χ2n) is 5.13. The van der Waals surface area contributed by atoms with Crippen LogP contribution in [0.15, 0.2) is 24.3 Å². The summed E-state index contributed by atoms with van der Waals surface area (Å²) in [6.07, 6.45) is 5.08. The standard InChI is InChI=1S/C15H23N3O/c1-18(10-4-6-12-7-5-11-19-12)14-9-3-2-8-13(14)15(16)17/h2-3,8-9,12H,4-7,10-11H2,1H3,(H3,16,17). The molecule has 0 spiro atoms. The van der Waals surface area contributed by atoms with Crippen molar-refractivity contribution in [3.63, 3.8) is 0 Å². The van der Waals surface area contributed by atoms with Gasteiger partial charge in [-0.05, 0) is 37.8 Å². The Hall–Kier alpha value is -1.55. The fourth-order valence-corrected chi connectivity index (χ4v) is 2.58. The van der Waals surface area contributed by atoms with Crippen LogP contribution in [-0.2, 0) is 4.74 Å². The van der Waals surface area contributed by atoms with Crippen LogP contribution in [-0.4, -0.2) is 32.1 Å². The highest BCUT2D eigenvalue weighted by molar-refractivity contribution is 6.00. The van der Waals surface area contributed by atoms with Gasteiger partial charge in [0.05, 0.1) is 6.10 Å². The molecule has 1 aromatic rings. The lowest BCUT2D eigenvalue weighted by Gasteiger charge is -2.22. The molecule has 1 atom stereocenters. The zero-order valence-corrected chi connectivity index (χ0v) is 11.6. The molecule has 2 rings (SSSR count). The van der Waals surface area contributed by atoms with Gasteiger partial charge in [0.2, 0.25) is 0 Å². The molecule has 4 nitrogen and oxygen atoms in total. The molecule has 19 heavy (non-hydrogen) atoms. The van der Waals surface area contributed by atoms with E-state index in [1.807, 2.05) is 24.3 Å². The second-order valence-corrected chi connectivity index (χ2v) is 5.13. The van der Waals surface area contributed by atoms with Gasteiger partial charge < -0.3 is 15.4 Å². The van der Waals surface area contributed by atoms with Gasteiger partial charge in [0.25, 0.3) is 0 Å². The summed E-state index contributed by atoms with van der Waals surface area (Å²) < 4.78 is 5.63. The van der Waals surface area contributed by atoms with Gasteiger partial charge in [-0.3, -0.25) is 5.41 Å². The molecule has 1 aromatic carbocycles. The minimum Gasteiger partial charge on any atom is -0.384 e. The first-order chi connectivity index (χ1) is 9.18. The molecule has 0 amide bonds. The Labute approximate surface area is 115 Å². The van der Waals surface area contributed by atoms with Crippen molar-refractivity contribution in [1.82, 2.24) is 0 Å². The predicted octanol–water partition coefficient (Wildman–Crippen LogP) is 2.37. The van der Waals surface area contributed by atoms with Gasteiger partial charge >= 0.3 is 0 Å². The number of nitrogens with zero attached hydrogens (tertiary/aromatic N) is 1. The van der Waals surface area contributed by atoms with E-state index in [0.717, 1.165) is 37.2 Å². The number of nitrogens with one attached hydrogen (secondary N) is 1. The number of para-hydroxylation sites is 1. The highest BCUT2D eigenvalue weighted by Gasteiger charge is 2.15. The van der Waals surface area contributed by atoms with Gasteiger partial charge in [-0.2, -0.15) is 0 Å². The molecule has 1 unspecified atom stereocenters. The molecule has 1 heterocycles. The molecule has 4 heteroatoms. The SMILES string of the molecule is CN(CCCC1CCCO1)c1ccccc1C(=N)N.